The predicted octanol–water partition coefficient (Wildman–Crippen LogP) is 2.59. The molecule has 0 saturated heterocycles. The van der Waals surface area contributed by atoms with E-state index in [0.717, 1.165) is 5.56 Å². The Kier molecular flexibility index (Phi) is 3.40. The Morgan fingerprint density at radius 1 is 1.43 bits per heavy atom. The third-order valence-corrected chi connectivity index (χ3v) is 2.74. The number of benzene rings is 1. The minimum Gasteiger partial charge on any atom is -0.508 e. The van der Waals surface area contributed by atoms with Crippen LogP contribution in [0, 0.1) is 0 Å². The maximum Gasteiger partial charge on any atom is 0.120 e. The van der Waals surface area contributed by atoms with Crippen molar-refractivity contribution in [1.82, 2.24) is 5.32 Å². The lowest BCUT2D eigenvalue weighted by Gasteiger charge is -2.24. The topological polar surface area (TPSA) is 32.3 Å². The van der Waals surface area contributed by atoms with E-state index in [0.29, 0.717) is 11.4 Å². The molecule has 1 rings (SSSR count). The summed E-state index contributed by atoms with van der Waals surface area (Å²) in [6, 6.07) is 5.20. The molecule has 0 aromatic heterocycles. The summed E-state index contributed by atoms with van der Waals surface area (Å²) in [7, 11) is 1.90. The Labute approximate surface area is 89.9 Å². The molecule has 1 aromatic carbocycles. The number of likely N-dealkylation sites (N-methyl/N-ethyl adjacent to an activating group) is 1. The number of rotatable bonds is 3. The highest BCUT2D eigenvalue weighted by Gasteiger charge is 2.19. The van der Waals surface area contributed by atoms with Crippen LogP contribution in [0.15, 0.2) is 18.2 Å². The molecule has 1 aromatic rings. The van der Waals surface area contributed by atoms with Gasteiger partial charge in [-0.25, -0.2) is 0 Å². The number of halogens is 1. The number of hydrogen-bond donors (Lipinski definition) is 2. The van der Waals surface area contributed by atoms with Gasteiger partial charge < -0.3 is 10.4 Å². The minimum atomic E-state index is -0.0670. The second kappa shape index (κ2) is 4.20. The summed E-state index contributed by atoms with van der Waals surface area (Å²) in [5.41, 5.74) is 0.733. The second-order valence-corrected chi connectivity index (χ2v) is 4.46. The van der Waals surface area contributed by atoms with Crippen molar-refractivity contribution in [3.63, 3.8) is 0 Å². The van der Waals surface area contributed by atoms with Crippen molar-refractivity contribution < 1.29 is 5.11 Å². The molecule has 14 heavy (non-hydrogen) atoms. The van der Waals surface area contributed by atoms with Crippen molar-refractivity contribution in [2.75, 3.05) is 7.05 Å². The maximum atomic E-state index is 9.64. The average Bonchev–Trinajstić information content (AvgIpc) is 2.12. The lowest BCUT2D eigenvalue weighted by molar-refractivity contribution is 0.406. The lowest BCUT2D eigenvalue weighted by Crippen LogP contribution is -2.38. The average molecular weight is 214 g/mol. The van der Waals surface area contributed by atoms with Gasteiger partial charge in [-0.1, -0.05) is 17.7 Å². The van der Waals surface area contributed by atoms with E-state index in [4.69, 9.17) is 11.6 Å². The first-order chi connectivity index (χ1) is 6.46. The Bertz CT molecular complexity index is 303. The van der Waals surface area contributed by atoms with Crippen LogP contribution in [0.4, 0.5) is 0 Å². The SMILES string of the molecule is CNC(C)(C)Cc1c(O)cccc1Cl. The molecule has 2 N–H and O–H groups in total. The van der Waals surface area contributed by atoms with Gasteiger partial charge in [0.1, 0.15) is 5.75 Å². The van der Waals surface area contributed by atoms with Crippen LogP contribution >= 0.6 is 11.6 Å². The fourth-order valence-corrected chi connectivity index (χ4v) is 1.49. The van der Waals surface area contributed by atoms with Crippen molar-refractivity contribution in [2.45, 2.75) is 25.8 Å². The standard InChI is InChI=1S/C11H16ClNO/c1-11(2,13-3)7-8-9(12)5-4-6-10(8)14/h4-6,13-14H,7H2,1-3H3. The number of aromatic hydroxyl groups is 1. The van der Waals surface area contributed by atoms with Gasteiger partial charge in [0.2, 0.25) is 0 Å². The first-order valence-corrected chi connectivity index (χ1v) is 4.99. The van der Waals surface area contributed by atoms with Crippen molar-refractivity contribution in [1.29, 1.82) is 0 Å². The molecule has 0 bridgehead atoms. The van der Waals surface area contributed by atoms with Crippen LogP contribution in [0.25, 0.3) is 0 Å². The third kappa shape index (κ3) is 2.63. The summed E-state index contributed by atoms with van der Waals surface area (Å²) >= 11 is 6.00. The number of phenolic OH excluding ortho intramolecular Hbond substituents is 1. The van der Waals surface area contributed by atoms with Crippen molar-refractivity contribution in [3.05, 3.63) is 28.8 Å². The zero-order valence-electron chi connectivity index (χ0n) is 8.76. The smallest absolute Gasteiger partial charge is 0.120 e. The molecule has 78 valence electrons. The van der Waals surface area contributed by atoms with Gasteiger partial charge in [0.25, 0.3) is 0 Å². The van der Waals surface area contributed by atoms with Crippen LogP contribution < -0.4 is 5.32 Å². The van der Waals surface area contributed by atoms with E-state index in [2.05, 4.69) is 19.2 Å². The summed E-state index contributed by atoms with van der Waals surface area (Å²) < 4.78 is 0. The summed E-state index contributed by atoms with van der Waals surface area (Å²) in [4.78, 5) is 0. The monoisotopic (exact) mass is 213 g/mol. The highest BCUT2D eigenvalue weighted by Crippen LogP contribution is 2.28. The fraction of sp³-hybridized carbons (Fsp3) is 0.455. The van der Waals surface area contributed by atoms with Crippen LogP contribution in [0.1, 0.15) is 19.4 Å². The van der Waals surface area contributed by atoms with Crippen molar-refractivity contribution in [2.24, 2.45) is 0 Å². The first-order valence-electron chi connectivity index (χ1n) is 4.61. The van der Waals surface area contributed by atoms with Gasteiger partial charge in [-0.2, -0.15) is 0 Å². The van der Waals surface area contributed by atoms with Gasteiger partial charge in [-0.05, 0) is 39.4 Å². The lowest BCUT2D eigenvalue weighted by atomic mass is 9.94. The van der Waals surface area contributed by atoms with Gasteiger partial charge in [-0.3, -0.25) is 0 Å². The van der Waals surface area contributed by atoms with Crippen molar-refractivity contribution >= 4 is 11.6 Å². The van der Waals surface area contributed by atoms with E-state index in [9.17, 15) is 5.11 Å². The van der Waals surface area contributed by atoms with E-state index in [1.165, 1.54) is 0 Å². The molecule has 2 nitrogen and oxygen atoms in total. The Morgan fingerprint density at radius 2 is 2.07 bits per heavy atom. The zero-order chi connectivity index (χ0) is 10.8. The van der Waals surface area contributed by atoms with E-state index in [1.54, 1.807) is 18.2 Å². The van der Waals surface area contributed by atoms with Gasteiger partial charge in [0, 0.05) is 16.1 Å². The zero-order valence-corrected chi connectivity index (χ0v) is 9.52. The molecule has 0 saturated carbocycles. The van der Waals surface area contributed by atoms with Gasteiger partial charge in [0.15, 0.2) is 0 Å². The highest BCUT2D eigenvalue weighted by atomic mass is 35.5. The van der Waals surface area contributed by atoms with Crippen LogP contribution in [0.5, 0.6) is 5.75 Å². The molecule has 3 heteroatoms. The van der Waals surface area contributed by atoms with Crippen LogP contribution in [-0.4, -0.2) is 17.7 Å². The second-order valence-electron chi connectivity index (χ2n) is 4.05. The van der Waals surface area contributed by atoms with Gasteiger partial charge in [0.05, 0.1) is 0 Å². The maximum absolute atomic E-state index is 9.64. The summed E-state index contributed by atoms with van der Waals surface area (Å²) in [6.45, 7) is 4.13. The molecule has 0 aliphatic carbocycles. The molecule has 0 spiro atoms. The summed E-state index contributed by atoms with van der Waals surface area (Å²) in [5, 5.41) is 13.4. The number of phenols is 1. The first kappa shape index (κ1) is 11.3. The molecule has 0 amide bonds. The quantitative estimate of drug-likeness (QED) is 0.809. The normalized spacial score (nSPS) is 11.7. The summed E-state index contributed by atoms with van der Waals surface area (Å²) in [6.07, 6.45) is 0.703. The number of nitrogens with one attached hydrogen (secondary N) is 1. The predicted molar refractivity (Wildman–Crippen MR) is 60.0 cm³/mol. The molecule has 0 radical (unpaired) electrons. The third-order valence-electron chi connectivity index (χ3n) is 2.39. The molecular formula is C11H16ClNO. The largest absolute Gasteiger partial charge is 0.508 e. The van der Waals surface area contributed by atoms with Gasteiger partial charge in [-0.15, -0.1) is 0 Å². The van der Waals surface area contributed by atoms with Crippen LogP contribution in [0.3, 0.4) is 0 Å². The van der Waals surface area contributed by atoms with E-state index >= 15 is 0 Å². The van der Waals surface area contributed by atoms with Gasteiger partial charge >= 0.3 is 0 Å². The van der Waals surface area contributed by atoms with Crippen LogP contribution in [0.2, 0.25) is 5.02 Å². The highest BCUT2D eigenvalue weighted by molar-refractivity contribution is 6.31. The van der Waals surface area contributed by atoms with E-state index in [-0.39, 0.29) is 11.3 Å². The number of hydrogen-bond acceptors (Lipinski definition) is 2. The molecule has 0 heterocycles. The summed E-state index contributed by atoms with van der Waals surface area (Å²) in [5.74, 6) is 0.265. The molecule has 0 unspecified atom stereocenters. The Hall–Kier alpha value is -0.730. The van der Waals surface area contributed by atoms with E-state index in [1.807, 2.05) is 7.05 Å². The Morgan fingerprint density at radius 3 is 2.57 bits per heavy atom. The molecule has 0 atom stereocenters. The molecule has 0 aliphatic heterocycles. The Balaban J connectivity index is 2.97. The molecule has 0 fully saturated rings. The fourth-order valence-electron chi connectivity index (χ4n) is 1.25. The molecular weight excluding hydrogens is 198 g/mol. The van der Waals surface area contributed by atoms with E-state index < -0.39 is 0 Å². The van der Waals surface area contributed by atoms with Crippen molar-refractivity contribution in [3.8, 4) is 5.75 Å². The molecule has 0 aliphatic rings. The minimum absolute atomic E-state index is 0.0670. The van der Waals surface area contributed by atoms with Crippen LogP contribution in [-0.2, 0) is 6.42 Å².